The molecule has 2 aromatic rings. The van der Waals surface area contributed by atoms with E-state index in [2.05, 4.69) is 5.32 Å². The normalized spacial score (nSPS) is 12.5. The minimum Gasteiger partial charge on any atom is -0.493 e. The molecule has 168 valence electrons. The fraction of sp³-hybridized carbons (Fsp3) is 0.440. The van der Waals surface area contributed by atoms with E-state index in [4.69, 9.17) is 9.47 Å². The van der Waals surface area contributed by atoms with Crippen molar-refractivity contribution in [3.63, 3.8) is 0 Å². The molecule has 0 spiro atoms. The second-order valence-electron chi connectivity index (χ2n) is 7.63. The van der Waals surface area contributed by atoms with E-state index < -0.39 is 6.04 Å². The van der Waals surface area contributed by atoms with Crippen molar-refractivity contribution in [1.82, 2.24) is 10.2 Å². The van der Waals surface area contributed by atoms with E-state index in [9.17, 15) is 9.59 Å². The van der Waals surface area contributed by atoms with E-state index in [1.54, 1.807) is 24.1 Å². The maximum absolute atomic E-state index is 13.3. The minimum atomic E-state index is -0.581. The Morgan fingerprint density at radius 1 is 1.00 bits per heavy atom. The van der Waals surface area contributed by atoms with Crippen LogP contribution in [-0.2, 0) is 16.1 Å². The summed E-state index contributed by atoms with van der Waals surface area (Å²) < 4.78 is 11.1. The average molecular weight is 427 g/mol. The first-order valence-corrected chi connectivity index (χ1v) is 10.8. The predicted molar refractivity (Wildman–Crippen MR) is 122 cm³/mol. The summed E-state index contributed by atoms with van der Waals surface area (Å²) in [6, 6.07) is 14.5. The van der Waals surface area contributed by atoms with Gasteiger partial charge in [-0.25, -0.2) is 0 Å². The van der Waals surface area contributed by atoms with E-state index in [-0.39, 0.29) is 24.5 Å². The zero-order chi connectivity index (χ0) is 22.8. The second-order valence-corrected chi connectivity index (χ2v) is 7.63. The summed E-state index contributed by atoms with van der Waals surface area (Å²) in [5.41, 5.74) is 2.08. The number of nitrogens with zero attached hydrogens (tertiary/aromatic N) is 1. The smallest absolute Gasteiger partial charge is 0.261 e. The van der Waals surface area contributed by atoms with E-state index in [0.29, 0.717) is 24.5 Å². The van der Waals surface area contributed by atoms with Gasteiger partial charge in [-0.2, -0.15) is 0 Å². The molecule has 2 rings (SSSR count). The maximum Gasteiger partial charge on any atom is 0.261 e. The first-order chi connectivity index (χ1) is 14.9. The molecule has 0 aliphatic heterocycles. The van der Waals surface area contributed by atoms with Gasteiger partial charge >= 0.3 is 0 Å². The molecular formula is C25H34N2O4. The molecule has 6 heteroatoms. The van der Waals surface area contributed by atoms with Crippen LogP contribution in [0.4, 0.5) is 0 Å². The number of nitrogens with one attached hydrogen (secondary N) is 1. The topological polar surface area (TPSA) is 67.9 Å². The van der Waals surface area contributed by atoms with Crippen LogP contribution < -0.4 is 14.8 Å². The van der Waals surface area contributed by atoms with Crippen molar-refractivity contribution in [2.45, 2.75) is 59.2 Å². The number of hydrogen-bond donors (Lipinski definition) is 1. The fourth-order valence-electron chi connectivity index (χ4n) is 3.29. The second kappa shape index (κ2) is 12.0. The molecule has 0 saturated carbocycles. The largest absolute Gasteiger partial charge is 0.493 e. The fourth-order valence-corrected chi connectivity index (χ4v) is 3.29. The number of carbonyl (C=O) groups is 2. The van der Waals surface area contributed by atoms with Crippen LogP contribution in [0, 0.1) is 6.92 Å². The number of aryl methyl sites for hydroxylation is 1. The van der Waals surface area contributed by atoms with Gasteiger partial charge in [0.15, 0.2) is 18.1 Å². The average Bonchev–Trinajstić information content (AvgIpc) is 2.78. The van der Waals surface area contributed by atoms with Crippen LogP contribution in [0.25, 0.3) is 0 Å². The molecule has 0 bridgehead atoms. The molecule has 2 atom stereocenters. The Kier molecular flexibility index (Phi) is 9.38. The number of amides is 2. The van der Waals surface area contributed by atoms with Crippen molar-refractivity contribution in [2.75, 3.05) is 13.7 Å². The van der Waals surface area contributed by atoms with Crippen LogP contribution in [0.5, 0.6) is 11.5 Å². The minimum absolute atomic E-state index is 0.0433. The van der Waals surface area contributed by atoms with Crippen molar-refractivity contribution in [1.29, 1.82) is 0 Å². The third-order valence-electron chi connectivity index (χ3n) is 5.41. The molecule has 0 unspecified atom stereocenters. The van der Waals surface area contributed by atoms with Gasteiger partial charge in [-0.05, 0) is 49.9 Å². The van der Waals surface area contributed by atoms with Crippen molar-refractivity contribution in [3.8, 4) is 11.5 Å². The number of methoxy groups -OCH3 is 1. The number of rotatable bonds is 11. The summed E-state index contributed by atoms with van der Waals surface area (Å²) >= 11 is 0. The summed E-state index contributed by atoms with van der Waals surface area (Å²) in [6.07, 6.45) is 1.33. The zero-order valence-electron chi connectivity index (χ0n) is 19.2. The lowest BCUT2D eigenvalue weighted by atomic mass is 10.1. The standard InChI is InChI=1S/C25H34N2O4/c1-6-19(4)26-25(29)21(7-2)27(16-20-13-9-8-12-18(20)3)24(28)17-31-23-15-11-10-14-22(23)30-5/h8-15,19,21H,6-7,16-17H2,1-5H3,(H,26,29)/t19-,21+/m0/s1. The Hall–Kier alpha value is -3.02. The van der Waals surface area contributed by atoms with E-state index in [0.717, 1.165) is 17.5 Å². The van der Waals surface area contributed by atoms with Gasteiger partial charge < -0.3 is 19.7 Å². The summed E-state index contributed by atoms with van der Waals surface area (Å²) in [6.45, 7) is 8.06. The van der Waals surface area contributed by atoms with Gasteiger partial charge in [-0.15, -0.1) is 0 Å². The highest BCUT2D eigenvalue weighted by Gasteiger charge is 2.30. The highest BCUT2D eigenvalue weighted by Crippen LogP contribution is 2.26. The van der Waals surface area contributed by atoms with Crippen LogP contribution in [-0.4, -0.2) is 42.5 Å². The lowest BCUT2D eigenvalue weighted by Crippen LogP contribution is -2.51. The van der Waals surface area contributed by atoms with Crippen LogP contribution >= 0.6 is 0 Å². The van der Waals surface area contributed by atoms with Crippen LogP contribution in [0.15, 0.2) is 48.5 Å². The maximum atomic E-state index is 13.3. The molecule has 1 N–H and O–H groups in total. The molecule has 0 radical (unpaired) electrons. The summed E-state index contributed by atoms with van der Waals surface area (Å²) in [4.78, 5) is 27.9. The number of carbonyl (C=O) groups excluding carboxylic acids is 2. The van der Waals surface area contributed by atoms with Gasteiger partial charge in [0.05, 0.1) is 7.11 Å². The van der Waals surface area contributed by atoms with Gasteiger partial charge in [0, 0.05) is 12.6 Å². The van der Waals surface area contributed by atoms with E-state index >= 15 is 0 Å². The van der Waals surface area contributed by atoms with Gasteiger partial charge in [0.25, 0.3) is 5.91 Å². The number of ether oxygens (including phenoxy) is 2. The molecule has 0 aliphatic rings. The summed E-state index contributed by atoms with van der Waals surface area (Å²) in [5, 5.41) is 3.01. The Balaban J connectivity index is 2.25. The Bertz CT molecular complexity index is 868. The summed E-state index contributed by atoms with van der Waals surface area (Å²) in [5.74, 6) is 0.657. The SMILES string of the molecule is CC[C@H](C(=O)N[C@@H](C)CC)N(Cc1ccccc1C)C(=O)COc1ccccc1OC. The van der Waals surface area contributed by atoms with Crippen LogP contribution in [0.2, 0.25) is 0 Å². The Morgan fingerprint density at radius 3 is 2.26 bits per heavy atom. The molecule has 0 aliphatic carbocycles. The molecule has 0 aromatic heterocycles. The molecule has 31 heavy (non-hydrogen) atoms. The lowest BCUT2D eigenvalue weighted by molar-refractivity contribution is -0.143. The first-order valence-electron chi connectivity index (χ1n) is 10.8. The monoisotopic (exact) mass is 426 g/mol. The number of benzene rings is 2. The summed E-state index contributed by atoms with van der Waals surface area (Å²) in [7, 11) is 1.56. The third kappa shape index (κ3) is 6.74. The quantitative estimate of drug-likeness (QED) is 0.587. The molecule has 6 nitrogen and oxygen atoms in total. The Labute approximate surface area is 185 Å². The zero-order valence-corrected chi connectivity index (χ0v) is 19.2. The number of hydrogen-bond acceptors (Lipinski definition) is 4. The molecule has 0 saturated heterocycles. The lowest BCUT2D eigenvalue weighted by Gasteiger charge is -2.31. The predicted octanol–water partition coefficient (Wildman–Crippen LogP) is 4.10. The van der Waals surface area contributed by atoms with Crippen molar-refractivity contribution >= 4 is 11.8 Å². The van der Waals surface area contributed by atoms with Crippen LogP contribution in [0.1, 0.15) is 44.7 Å². The van der Waals surface area contributed by atoms with E-state index in [1.807, 2.05) is 64.1 Å². The number of para-hydroxylation sites is 2. The highest BCUT2D eigenvalue weighted by molar-refractivity contribution is 5.88. The van der Waals surface area contributed by atoms with E-state index in [1.165, 1.54) is 0 Å². The molecule has 0 heterocycles. The highest BCUT2D eigenvalue weighted by atomic mass is 16.5. The molecular weight excluding hydrogens is 392 g/mol. The molecule has 0 fully saturated rings. The third-order valence-corrected chi connectivity index (χ3v) is 5.41. The van der Waals surface area contributed by atoms with Crippen LogP contribution in [0.3, 0.4) is 0 Å². The van der Waals surface area contributed by atoms with Gasteiger partial charge in [-0.3, -0.25) is 9.59 Å². The first kappa shape index (κ1) is 24.3. The molecule has 2 aromatic carbocycles. The van der Waals surface area contributed by atoms with Crippen molar-refractivity contribution < 1.29 is 19.1 Å². The van der Waals surface area contributed by atoms with Gasteiger partial charge in [-0.1, -0.05) is 50.2 Å². The van der Waals surface area contributed by atoms with Gasteiger partial charge in [0.1, 0.15) is 6.04 Å². The Morgan fingerprint density at radius 2 is 1.65 bits per heavy atom. The van der Waals surface area contributed by atoms with Gasteiger partial charge in [0.2, 0.25) is 5.91 Å². The van der Waals surface area contributed by atoms with Crippen molar-refractivity contribution in [2.24, 2.45) is 0 Å². The molecule has 2 amide bonds. The van der Waals surface area contributed by atoms with Crippen molar-refractivity contribution in [3.05, 3.63) is 59.7 Å².